The Bertz CT molecular complexity index is 781. The quantitative estimate of drug-likeness (QED) is 0.481. The van der Waals surface area contributed by atoms with Crippen molar-refractivity contribution >= 4 is 23.7 Å². The molecule has 0 aliphatic heterocycles. The molecule has 0 atom stereocenters. The zero-order valence-electron chi connectivity index (χ0n) is 14.3. The number of nitrogens with one attached hydrogen (secondary N) is 1. The van der Waals surface area contributed by atoms with Gasteiger partial charge >= 0.3 is 6.09 Å². The van der Waals surface area contributed by atoms with E-state index < -0.39 is 11.7 Å². The van der Waals surface area contributed by atoms with Gasteiger partial charge in [0.2, 0.25) is 0 Å². The predicted octanol–water partition coefficient (Wildman–Crippen LogP) is 4.67. The van der Waals surface area contributed by atoms with E-state index in [1.807, 2.05) is 30.3 Å². The number of amides is 1. The normalized spacial score (nSPS) is 11.8. The number of phenolic OH excluding ortho intramolecular Hbond substituents is 1. The largest absolute Gasteiger partial charge is 0.507 e. The van der Waals surface area contributed by atoms with Crippen molar-refractivity contribution in [2.45, 2.75) is 26.4 Å². The molecular weight excluding hydrogens is 320 g/mol. The smallest absolute Gasteiger partial charge is 0.428 e. The molecule has 2 N–H and O–H groups in total. The maximum atomic E-state index is 11.5. The molecule has 7 heteroatoms. The lowest BCUT2D eigenvalue weighted by Crippen LogP contribution is -2.29. The Hall–Kier alpha value is -3.22. The van der Waals surface area contributed by atoms with Crippen molar-refractivity contribution in [2.24, 2.45) is 15.3 Å². The van der Waals surface area contributed by atoms with Gasteiger partial charge in [0.25, 0.3) is 0 Å². The molecule has 0 aliphatic carbocycles. The zero-order chi connectivity index (χ0) is 18.3. The van der Waals surface area contributed by atoms with Crippen LogP contribution in [0.25, 0.3) is 0 Å². The Morgan fingerprint density at radius 1 is 1.08 bits per heavy atom. The lowest BCUT2D eigenvalue weighted by atomic mass is 10.2. The molecule has 0 saturated heterocycles. The van der Waals surface area contributed by atoms with Gasteiger partial charge in [-0.3, -0.25) is 0 Å². The van der Waals surface area contributed by atoms with E-state index in [0.29, 0.717) is 11.3 Å². The summed E-state index contributed by atoms with van der Waals surface area (Å²) in [7, 11) is 0. The van der Waals surface area contributed by atoms with Gasteiger partial charge in [-0.25, -0.2) is 10.2 Å². The molecule has 0 aliphatic rings. The van der Waals surface area contributed by atoms with Crippen LogP contribution in [0, 0.1) is 0 Å². The van der Waals surface area contributed by atoms with Gasteiger partial charge < -0.3 is 9.84 Å². The monoisotopic (exact) mass is 340 g/mol. The molecule has 1 amide bonds. The van der Waals surface area contributed by atoms with Crippen LogP contribution < -0.4 is 5.43 Å². The van der Waals surface area contributed by atoms with Gasteiger partial charge in [0, 0.05) is 5.56 Å². The van der Waals surface area contributed by atoms with Crippen molar-refractivity contribution in [2.75, 3.05) is 0 Å². The van der Waals surface area contributed by atoms with E-state index in [0.717, 1.165) is 5.69 Å². The van der Waals surface area contributed by atoms with Crippen molar-refractivity contribution in [3.63, 3.8) is 0 Å². The Balaban J connectivity index is 2.05. The third kappa shape index (κ3) is 6.42. The lowest BCUT2D eigenvalue weighted by Gasteiger charge is -2.18. The number of nitrogens with zero attached hydrogens (tertiary/aromatic N) is 3. The molecule has 2 aromatic carbocycles. The number of hydrogen-bond acceptors (Lipinski definition) is 6. The maximum Gasteiger partial charge on any atom is 0.428 e. The standard InChI is InChI=1S/C18H20N4O3/c1-18(2,3)25-17(24)22-19-12-13-11-15(9-10-16(13)23)21-20-14-7-5-4-6-8-14/h4-12,23H,1-3H3,(H,22,24)/b19-12+,21-20?. The molecule has 0 aromatic heterocycles. The van der Waals surface area contributed by atoms with Crippen LogP contribution in [0.4, 0.5) is 16.2 Å². The number of hydrogen-bond donors (Lipinski definition) is 2. The second kappa shape index (κ2) is 8.05. The van der Waals surface area contributed by atoms with E-state index in [2.05, 4.69) is 20.8 Å². The number of carbonyl (C=O) groups excluding carboxylic acids is 1. The average molecular weight is 340 g/mol. The van der Waals surface area contributed by atoms with Gasteiger partial charge in [0.15, 0.2) is 0 Å². The summed E-state index contributed by atoms with van der Waals surface area (Å²) in [6.45, 7) is 5.26. The fourth-order valence-corrected chi connectivity index (χ4v) is 1.77. The summed E-state index contributed by atoms with van der Waals surface area (Å²) in [6.07, 6.45) is 0.629. The van der Waals surface area contributed by atoms with Crippen LogP contribution in [-0.4, -0.2) is 23.0 Å². The summed E-state index contributed by atoms with van der Waals surface area (Å²) >= 11 is 0. The molecule has 0 saturated carbocycles. The van der Waals surface area contributed by atoms with Crippen molar-refractivity contribution in [3.05, 3.63) is 54.1 Å². The summed E-state index contributed by atoms with van der Waals surface area (Å²) in [4.78, 5) is 11.5. The van der Waals surface area contributed by atoms with Crippen molar-refractivity contribution < 1.29 is 14.6 Å². The number of ether oxygens (including phenoxy) is 1. The van der Waals surface area contributed by atoms with Crippen LogP contribution in [0.15, 0.2) is 63.9 Å². The highest BCUT2D eigenvalue weighted by atomic mass is 16.6. The number of carbonyl (C=O) groups is 1. The van der Waals surface area contributed by atoms with Crippen molar-refractivity contribution in [1.29, 1.82) is 0 Å². The zero-order valence-corrected chi connectivity index (χ0v) is 14.3. The molecule has 0 spiro atoms. The van der Waals surface area contributed by atoms with Gasteiger partial charge in [-0.2, -0.15) is 15.3 Å². The van der Waals surface area contributed by atoms with Crippen LogP contribution in [0.5, 0.6) is 5.75 Å². The van der Waals surface area contributed by atoms with Gasteiger partial charge in [-0.05, 0) is 51.1 Å². The Morgan fingerprint density at radius 3 is 2.44 bits per heavy atom. The minimum atomic E-state index is -0.678. The van der Waals surface area contributed by atoms with Crippen LogP contribution in [-0.2, 0) is 4.74 Å². The first-order chi connectivity index (χ1) is 11.8. The maximum absolute atomic E-state index is 11.5. The molecule has 0 radical (unpaired) electrons. The Kier molecular flexibility index (Phi) is 5.84. The topological polar surface area (TPSA) is 95.6 Å². The predicted molar refractivity (Wildman–Crippen MR) is 95.7 cm³/mol. The Labute approximate surface area is 146 Å². The number of phenols is 1. The SMILES string of the molecule is CC(C)(C)OC(=O)N/N=C/c1cc(N=Nc2ccccc2)ccc1O. The minimum absolute atomic E-state index is 0.00778. The highest BCUT2D eigenvalue weighted by Crippen LogP contribution is 2.23. The molecule has 0 bridgehead atoms. The molecule has 0 fully saturated rings. The summed E-state index contributed by atoms with van der Waals surface area (Å²) in [6, 6.07) is 14.0. The fraction of sp³-hybridized carbons (Fsp3) is 0.222. The third-order valence-electron chi connectivity index (χ3n) is 2.81. The molecule has 2 aromatic rings. The van der Waals surface area contributed by atoms with Crippen molar-refractivity contribution in [1.82, 2.24) is 5.43 Å². The van der Waals surface area contributed by atoms with E-state index in [1.54, 1.807) is 32.9 Å². The number of hydrazone groups is 1. The number of rotatable bonds is 4. The summed E-state index contributed by atoms with van der Waals surface area (Å²) in [5.41, 5.74) is 3.27. The van der Waals surface area contributed by atoms with Crippen LogP contribution >= 0.6 is 0 Å². The number of benzene rings is 2. The average Bonchev–Trinajstić information content (AvgIpc) is 2.54. The molecule has 25 heavy (non-hydrogen) atoms. The van der Waals surface area contributed by atoms with E-state index in [4.69, 9.17) is 4.74 Å². The highest BCUT2D eigenvalue weighted by Gasteiger charge is 2.15. The molecule has 130 valence electrons. The van der Waals surface area contributed by atoms with Gasteiger partial charge in [0.1, 0.15) is 11.4 Å². The van der Waals surface area contributed by atoms with Gasteiger partial charge in [0.05, 0.1) is 17.6 Å². The van der Waals surface area contributed by atoms with Crippen LogP contribution in [0.3, 0.4) is 0 Å². The summed E-state index contributed by atoms with van der Waals surface area (Å²) < 4.78 is 5.06. The number of aromatic hydroxyl groups is 1. The van der Waals surface area contributed by atoms with Crippen molar-refractivity contribution in [3.8, 4) is 5.75 Å². The summed E-state index contributed by atoms with van der Waals surface area (Å²) in [5.74, 6) is 0.00778. The highest BCUT2D eigenvalue weighted by molar-refractivity contribution is 5.85. The molecule has 2 rings (SSSR count). The van der Waals surface area contributed by atoms with Crippen LogP contribution in [0.1, 0.15) is 26.3 Å². The first kappa shape index (κ1) is 18.1. The molecule has 7 nitrogen and oxygen atoms in total. The minimum Gasteiger partial charge on any atom is -0.507 e. The van der Waals surface area contributed by atoms with Crippen LogP contribution in [0.2, 0.25) is 0 Å². The molecular formula is C18H20N4O3. The van der Waals surface area contributed by atoms with E-state index in [1.165, 1.54) is 12.3 Å². The first-order valence-electron chi connectivity index (χ1n) is 7.65. The van der Waals surface area contributed by atoms with E-state index in [-0.39, 0.29) is 5.75 Å². The molecule has 0 heterocycles. The van der Waals surface area contributed by atoms with E-state index >= 15 is 0 Å². The Morgan fingerprint density at radius 2 is 1.76 bits per heavy atom. The third-order valence-corrected chi connectivity index (χ3v) is 2.81. The van der Waals surface area contributed by atoms with E-state index in [9.17, 15) is 9.90 Å². The summed E-state index contributed by atoms with van der Waals surface area (Å²) in [5, 5.41) is 21.8. The molecule has 0 unspecified atom stereocenters. The van der Waals surface area contributed by atoms with Gasteiger partial charge in [-0.15, -0.1) is 0 Å². The lowest BCUT2D eigenvalue weighted by molar-refractivity contribution is 0.0529. The second-order valence-corrected chi connectivity index (χ2v) is 6.15. The number of azo groups is 1. The second-order valence-electron chi connectivity index (χ2n) is 6.15. The fourth-order valence-electron chi connectivity index (χ4n) is 1.77. The first-order valence-corrected chi connectivity index (χ1v) is 7.65. The van der Waals surface area contributed by atoms with Gasteiger partial charge in [-0.1, -0.05) is 18.2 Å².